The van der Waals surface area contributed by atoms with Gasteiger partial charge in [-0.1, -0.05) is 58.0 Å². The number of rotatable bonds is 3. The first-order valence-corrected chi connectivity index (χ1v) is 8.32. The normalized spacial score (nSPS) is 12.7. The van der Waals surface area contributed by atoms with Crippen molar-refractivity contribution in [2.24, 2.45) is 5.41 Å². The van der Waals surface area contributed by atoms with Gasteiger partial charge in [0.25, 0.3) is 0 Å². The Balaban J connectivity index is 2.10. The van der Waals surface area contributed by atoms with E-state index in [0.29, 0.717) is 5.69 Å². The number of hydrogen-bond donors (Lipinski definition) is 1. The Morgan fingerprint density at radius 3 is 2.42 bits per heavy atom. The third kappa shape index (κ3) is 3.14. The van der Waals surface area contributed by atoms with Crippen LogP contribution in [0.1, 0.15) is 46.6 Å². The highest BCUT2D eigenvalue weighted by Crippen LogP contribution is 2.38. The minimum atomic E-state index is -0.00289. The van der Waals surface area contributed by atoms with Gasteiger partial charge in [-0.25, -0.2) is 4.68 Å². The molecule has 0 spiro atoms. The highest BCUT2D eigenvalue weighted by atomic mass is 16.3. The van der Waals surface area contributed by atoms with Crippen molar-refractivity contribution in [1.82, 2.24) is 15.0 Å². The highest BCUT2D eigenvalue weighted by molar-refractivity contribution is 5.76. The summed E-state index contributed by atoms with van der Waals surface area (Å²) in [7, 11) is 0. The molecule has 0 atom stereocenters. The summed E-state index contributed by atoms with van der Waals surface area (Å²) in [4.78, 5) is 0. The van der Waals surface area contributed by atoms with E-state index in [4.69, 9.17) is 0 Å². The Kier molecular flexibility index (Phi) is 3.86. The summed E-state index contributed by atoms with van der Waals surface area (Å²) in [6.45, 7) is 11.2. The van der Waals surface area contributed by atoms with Crippen molar-refractivity contribution in [2.75, 3.05) is 0 Å². The molecule has 0 bridgehead atoms. The average molecular weight is 323 g/mol. The highest BCUT2D eigenvalue weighted by Gasteiger charge is 2.28. The topological polar surface area (TPSA) is 50.9 Å². The lowest BCUT2D eigenvalue weighted by molar-refractivity contribution is 0.284. The Labute approximate surface area is 143 Å². The van der Waals surface area contributed by atoms with Gasteiger partial charge in [-0.05, 0) is 47.1 Å². The average Bonchev–Trinajstić information content (AvgIpc) is 2.89. The number of benzene rings is 2. The maximum atomic E-state index is 10.4. The fourth-order valence-corrected chi connectivity index (χ4v) is 3.59. The maximum Gasteiger partial charge on any atom is 0.141 e. The first-order chi connectivity index (χ1) is 11.2. The third-order valence-corrected chi connectivity index (χ3v) is 4.31. The monoisotopic (exact) mass is 323 g/mol. The van der Waals surface area contributed by atoms with Crippen LogP contribution in [0.25, 0.3) is 16.7 Å². The molecule has 0 fully saturated rings. The molecule has 0 amide bonds. The lowest BCUT2D eigenvalue weighted by Gasteiger charge is -2.33. The molecule has 1 aromatic heterocycles. The van der Waals surface area contributed by atoms with E-state index >= 15 is 0 Å². The van der Waals surface area contributed by atoms with Crippen molar-refractivity contribution in [3.8, 4) is 11.4 Å². The molecule has 3 rings (SSSR count). The fourth-order valence-electron chi connectivity index (χ4n) is 3.59. The number of phenolic OH excluding ortho intramolecular Hbond substituents is 1. The van der Waals surface area contributed by atoms with E-state index in [0.717, 1.165) is 17.5 Å². The van der Waals surface area contributed by atoms with E-state index in [-0.39, 0.29) is 16.6 Å². The van der Waals surface area contributed by atoms with Crippen molar-refractivity contribution in [2.45, 2.75) is 46.5 Å². The van der Waals surface area contributed by atoms with Gasteiger partial charge in [0, 0.05) is 0 Å². The molecular formula is C20H25N3O. The van der Waals surface area contributed by atoms with E-state index in [9.17, 15) is 5.11 Å². The van der Waals surface area contributed by atoms with Gasteiger partial charge in [-0.15, -0.1) is 5.10 Å². The lowest BCUT2D eigenvalue weighted by Crippen LogP contribution is -2.25. The molecule has 0 aliphatic heterocycles. The van der Waals surface area contributed by atoms with Crippen molar-refractivity contribution < 1.29 is 5.11 Å². The van der Waals surface area contributed by atoms with E-state index in [1.54, 1.807) is 10.7 Å². The number of phenols is 1. The molecule has 0 aliphatic carbocycles. The molecule has 24 heavy (non-hydrogen) atoms. The summed E-state index contributed by atoms with van der Waals surface area (Å²) >= 11 is 0. The van der Waals surface area contributed by atoms with Crippen molar-refractivity contribution >= 4 is 11.0 Å². The Bertz CT molecular complexity index is 872. The van der Waals surface area contributed by atoms with Gasteiger partial charge in [0.05, 0.1) is 5.52 Å². The second-order valence-corrected chi connectivity index (χ2v) is 8.31. The van der Waals surface area contributed by atoms with Crippen molar-refractivity contribution in [3.63, 3.8) is 0 Å². The predicted octanol–water partition coefficient (Wildman–Crippen LogP) is 4.84. The quantitative estimate of drug-likeness (QED) is 0.750. The summed E-state index contributed by atoms with van der Waals surface area (Å²) < 4.78 is 1.71. The predicted molar refractivity (Wildman–Crippen MR) is 97.6 cm³/mol. The van der Waals surface area contributed by atoms with E-state index in [2.05, 4.69) is 44.9 Å². The van der Waals surface area contributed by atoms with Crippen LogP contribution in [0.4, 0.5) is 0 Å². The van der Waals surface area contributed by atoms with Crippen LogP contribution < -0.4 is 0 Å². The molecule has 0 radical (unpaired) electrons. The summed E-state index contributed by atoms with van der Waals surface area (Å²) in [6, 6.07) is 13.6. The van der Waals surface area contributed by atoms with Crippen LogP contribution in [-0.4, -0.2) is 20.1 Å². The summed E-state index contributed by atoms with van der Waals surface area (Å²) in [5.41, 5.74) is 3.78. The van der Waals surface area contributed by atoms with Gasteiger partial charge in [-0.2, -0.15) is 0 Å². The van der Waals surface area contributed by atoms with Crippen molar-refractivity contribution in [3.05, 3.63) is 48.0 Å². The summed E-state index contributed by atoms with van der Waals surface area (Å²) in [6.07, 6.45) is 1.04. The first-order valence-electron chi connectivity index (χ1n) is 8.32. The van der Waals surface area contributed by atoms with Crippen LogP contribution in [0.3, 0.4) is 0 Å². The van der Waals surface area contributed by atoms with Gasteiger partial charge in [0.2, 0.25) is 0 Å². The number of hydrogen-bond acceptors (Lipinski definition) is 3. The van der Waals surface area contributed by atoms with Crippen LogP contribution in [0, 0.1) is 5.41 Å². The van der Waals surface area contributed by atoms with E-state index in [1.807, 2.05) is 36.4 Å². The Morgan fingerprint density at radius 1 is 1.00 bits per heavy atom. The molecule has 0 unspecified atom stereocenters. The van der Waals surface area contributed by atoms with E-state index < -0.39 is 0 Å². The third-order valence-electron chi connectivity index (χ3n) is 4.31. The molecule has 0 saturated heterocycles. The van der Waals surface area contributed by atoms with Crippen LogP contribution in [0.5, 0.6) is 5.75 Å². The van der Waals surface area contributed by atoms with Gasteiger partial charge in [-0.3, -0.25) is 0 Å². The zero-order chi connectivity index (χ0) is 17.5. The Hall–Kier alpha value is -2.36. The molecular weight excluding hydrogens is 298 g/mol. The number of para-hydroxylation sites is 1. The molecule has 4 nitrogen and oxygen atoms in total. The van der Waals surface area contributed by atoms with Gasteiger partial charge in [0.15, 0.2) is 0 Å². The van der Waals surface area contributed by atoms with Gasteiger partial charge < -0.3 is 5.11 Å². The maximum absolute atomic E-state index is 10.4. The zero-order valence-electron chi connectivity index (χ0n) is 15.0. The lowest BCUT2D eigenvalue weighted by atomic mass is 9.72. The van der Waals surface area contributed by atoms with Gasteiger partial charge in [0.1, 0.15) is 17.0 Å². The molecule has 1 heterocycles. The number of fused-ring (bicyclic) bond motifs is 1. The summed E-state index contributed by atoms with van der Waals surface area (Å²) in [5, 5.41) is 18.8. The molecule has 0 saturated carbocycles. The van der Waals surface area contributed by atoms with Crippen molar-refractivity contribution in [1.29, 1.82) is 0 Å². The molecule has 2 aromatic carbocycles. The summed E-state index contributed by atoms with van der Waals surface area (Å²) in [5.74, 6) is 0.209. The minimum absolute atomic E-state index is 0.00289. The van der Waals surface area contributed by atoms with E-state index in [1.165, 1.54) is 5.56 Å². The first kappa shape index (κ1) is 16.5. The van der Waals surface area contributed by atoms with Crippen LogP contribution in [0.2, 0.25) is 0 Å². The fraction of sp³-hybridized carbons (Fsp3) is 0.400. The minimum Gasteiger partial charge on any atom is -0.506 e. The smallest absolute Gasteiger partial charge is 0.141 e. The van der Waals surface area contributed by atoms with Crippen LogP contribution >= 0.6 is 0 Å². The molecule has 126 valence electrons. The zero-order valence-corrected chi connectivity index (χ0v) is 15.0. The number of aromatic nitrogens is 3. The Morgan fingerprint density at radius 2 is 1.71 bits per heavy atom. The molecule has 1 N–H and O–H groups in total. The second kappa shape index (κ2) is 5.62. The number of nitrogens with zero attached hydrogens (tertiary/aromatic N) is 3. The molecule has 4 heteroatoms. The van der Waals surface area contributed by atoms with Gasteiger partial charge >= 0.3 is 0 Å². The SMILES string of the molecule is CC(C)(C)CC(C)(C)c1ccc(O)c(-n2nnc3ccccc32)c1. The second-order valence-electron chi connectivity index (χ2n) is 8.31. The van der Waals surface area contributed by atoms with Crippen LogP contribution in [0.15, 0.2) is 42.5 Å². The standard InChI is InChI=1S/C20H25N3O/c1-19(2,3)13-20(4,5)14-10-11-18(24)17(12-14)23-16-9-7-6-8-15(16)21-22-23/h6-12,24H,13H2,1-5H3. The number of aromatic hydroxyl groups is 1. The largest absolute Gasteiger partial charge is 0.506 e. The van der Waals surface area contributed by atoms with Crippen LogP contribution in [-0.2, 0) is 5.41 Å². The molecule has 0 aliphatic rings. The molecule has 3 aromatic rings.